The van der Waals surface area contributed by atoms with Gasteiger partial charge in [0.1, 0.15) is 22.7 Å². The molecule has 0 amide bonds. The summed E-state index contributed by atoms with van der Waals surface area (Å²) in [6.07, 6.45) is 11.6. The first kappa shape index (κ1) is 26.3. The van der Waals surface area contributed by atoms with Gasteiger partial charge >= 0.3 is 0 Å². The summed E-state index contributed by atoms with van der Waals surface area (Å²) in [5.74, 6) is 1.91. The zero-order valence-electron chi connectivity index (χ0n) is 25.1. The first-order valence-electron chi connectivity index (χ1n) is 15.3. The van der Waals surface area contributed by atoms with E-state index in [4.69, 9.17) is 9.15 Å². The molecule has 7 aromatic rings. The number of rotatable bonds is 4. The van der Waals surface area contributed by atoms with Gasteiger partial charge in [-0.1, -0.05) is 103 Å². The van der Waals surface area contributed by atoms with Gasteiger partial charge < -0.3 is 9.15 Å². The van der Waals surface area contributed by atoms with Gasteiger partial charge in [-0.15, -0.1) is 0 Å². The average Bonchev–Trinajstić information content (AvgIpc) is 3.66. The second-order valence-electron chi connectivity index (χ2n) is 11.7. The van der Waals surface area contributed by atoms with Crippen LogP contribution in [0.15, 0.2) is 138 Å². The van der Waals surface area contributed by atoms with Crippen molar-refractivity contribution in [3.8, 4) is 5.75 Å². The molecule has 0 saturated carbocycles. The number of fused-ring (bicyclic) bond motifs is 9. The topological polar surface area (TPSA) is 22.4 Å². The summed E-state index contributed by atoms with van der Waals surface area (Å²) in [5.41, 5.74) is 8.07. The molecule has 0 saturated heterocycles. The lowest BCUT2D eigenvalue weighted by Crippen LogP contribution is -1.94. The predicted molar refractivity (Wildman–Crippen MR) is 187 cm³/mol. The molecule has 0 bridgehead atoms. The molecule has 2 heterocycles. The highest BCUT2D eigenvalue weighted by atomic mass is 16.5. The van der Waals surface area contributed by atoms with Gasteiger partial charge in [0.05, 0.1) is 0 Å². The highest BCUT2D eigenvalue weighted by Gasteiger charge is 2.22. The Morgan fingerprint density at radius 2 is 1.18 bits per heavy atom. The summed E-state index contributed by atoms with van der Waals surface area (Å²) in [6, 6.07) is 34.5. The van der Waals surface area contributed by atoms with Crippen molar-refractivity contribution < 1.29 is 9.15 Å². The summed E-state index contributed by atoms with van der Waals surface area (Å²) in [5, 5.41) is 9.64. The van der Waals surface area contributed by atoms with Crippen molar-refractivity contribution in [3.63, 3.8) is 0 Å². The maximum atomic E-state index is 6.58. The normalized spacial score (nSPS) is 15.0. The smallest absolute Gasteiger partial charge is 0.138 e. The summed E-state index contributed by atoms with van der Waals surface area (Å²) < 4.78 is 12.7. The molecule has 8 rings (SSSR count). The van der Waals surface area contributed by atoms with Crippen LogP contribution in [0.3, 0.4) is 0 Å². The monoisotopic (exact) mass is 568 g/mol. The molecule has 6 aromatic carbocycles. The fraction of sp³-hybridized carbons (Fsp3) is 0.0952. The maximum absolute atomic E-state index is 6.58. The summed E-state index contributed by atoms with van der Waals surface area (Å²) >= 11 is 0. The van der Waals surface area contributed by atoms with Crippen LogP contribution in [0.25, 0.3) is 65.4 Å². The Bertz CT molecular complexity index is 2350. The van der Waals surface area contributed by atoms with E-state index in [0.717, 1.165) is 50.6 Å². The van der Waals surface area contributed by atoms with E-state index in [1.165, 1.54) is 49.4 Å². The van der Waals surface area contributed by atoms with Crippen molar-refractivity contribution in [1.82, 2.24) is 0 Å². The van der Waals surface area contributed by atoms with E-state index in [-0.39, 0.29) is 0 Å². The molecule has 1 aromatic heterocycles. The fourth-order valence-corrected chi connectivity index (χ4v) is 6.96. The largest absolute Gasteiger partial charge is 0.460 e. The molecule has 44 heavy (non-hydrogen) atoms. The van der Waals surface area contributed by atoms with Crippen LogP contribution in [0.5, 0.6) is 5.75 Å². The SMILES string of the molecule is C/C=C\C=C(/C)c1c2ccccc2c(/C(C)=C/C=C2\Cc3ccc4c(ccc5oc6ccccc6c54)c3O2)c2ccccc12. The van der Waals surface area contributed by atoms with Crippen LogP contribution in [0.1, 0.15) is 37.5 Å². The maximum Gasteiger partial charge on any atom is 0.138 e. The Morgan fingerprint density at radius 3 is 1.84 bits per heavy atom. The molecule has 1 aliphatic heterocycles. The minimum Gasteiger partial charge on any atom is -0.460 e. The highest BCUT2D eigenvalue weighted by Crippen LogP contribution is 2.43. The Labute approximate surface area is 256 Å². The zero-order valence-corrected chi connectivity index (χ0v) is 25.1. The molecule has 2 heteroatoms. The third-order valence-corrected chi connectivity index (χ3v) is 8.95. The van der Waals surface area contributed by atoms with E-state index in [9.17, 15) is 0 Å². The molecule has 0 unspecified atom stereocenters. The number of hydrogen-bond acceptors (Lipinski definition) is 2. The van der Waals surface area contributed by atoms with Gasteiger partial charge in [-0.3, -0.25) is 0 Å². The molecule has 0 spiro atoms. The van der Waals surface area contributed by atoms with Crippen LogP contribution < -0.4 is 4.74 Å². The first-order valence-corrected chi connectivity index (χ1v) is 15.3. The van der Waals surface area contributed by atoms with E-state index in [2.05, 4.69) is 136 Å². The fourth-order valence-electron chi connectivity index (χ4n) is 6.96. The van der Waals surface area contributed by atoms with Gasteiger partial charge in [-0.05, 0) is 94.3 Å². The van der Waals surface area contributed by atoms with Gasteiger partial charge in [0.15, 0.2) is 0 Å². The van der Waals surface area contributed by atoms with Gasteiger partial charge in [0, 0.05) is 28.1 Å². The average molecular weight is 569 g/mol. The number of allylic oxidation sites excluding steroid dienone is 8. The molecule has 0 atom stereocenters. The number of benzene rings is 6. The van der Waals surface area contributed by atoms with Crippen molar-refractivity contribution >= 4 is 65.4 Å². The van der Waals surface area contributed by atoms with Crippen LogP contribution in [0.2, 0.25) is 0 Å². The van der Waals surface area contributed by atoms with Gasteiger partial charge in [-0.2, -0.15) is 0 Å². The van der Waals surface area contributed by atoms with Crippen molar-refractivity contribution in [1.29, 1.82) is 0 Å². The molecule has 2 nitrogen and oxygen atoms in total. The third kappa shape index (κ3) is 4.10. The molecular formula is C42H32O2. The van der Waals surface area contributed by atoms with Crippen LogP contribution in [-0.2, 0) is 6.42 Å². The predicted octanol–water partition coefficient (Wildman–Crippen LogP) is 11.9. The third-order valence-electron chi connectivity index (χ3n) is 8.95. The van der Waals surface area contributed by atoms with E-state index >= 15 is 0 Å². The number of hydrogen-bond donors (Lipinski definition) is 0. The van der Waals surface area contributed by atoms with E-state index in [1.807, 2.05) is 12.1 Å². The highest BCUT2D eigenvalue weighted by molar-refractivity contribution is 6.20. The number of furan rings is 1. The Kier molecular flexibility index (Phi) is 6.23. The second-order valence-corrected chi connectivity index (χ2v) is 11.7. The van der Waals surface area contributed by atoms with Crippen molar-refractivity contribution in [3.05, 3.63) is 150 Å². The molecule has 0 aliphatic carbocycles. The molecule has 1 aliphatic rings. The molecule has 0 fully saturated rings. The van der Waals surface area contributed by atoms with Crippen molar-refractivity contribution in [2.45, 2.75) is 27.2 Å². The van der Waals surface area contributed by atoms with E-state index in [1.54, 1.807) is 0 Å². The van der Waals surface area contributed by atoms with E-state index < -0.39 is 0 Å². The minimum absolute atomic E-state index is 0.772. The van der Waals surface area contributed by atoms with E-state index in [0.29, 0.717) is 0 Å². The Balaban J connectivity index is 1.23. The number of ether oxygens (including phenoxy) is 1. The summed E-state index contributed by atoms with van der Waals surface area (Å²) in [7, 11) is 0. The Morgan fingerprint density at radius 1 is 0.591 bits per heavy atom. The van der Waals surface area contributed by atoms with Crippen molar-refractivity contribution in [2.75, 3.05) is 0 Å². The summed E-state index contributed by atoms with van der Waals surface area (Å²) in [6.45, 7) is 6.48. The van der Waals surface area contributed by atoms with Crippen LogP contribution in [0.4, 0.5) is 0 Å². The van der Waals surface area contributed by atoms with Crippen LogP contribution in [0, 0.1) is 0 Å². The van der Waals surface area contributed by atoms with Crippen molar-refractivity contribution in [2.24, 2.45) is 0 Å². The standard InChI is InChI=1S/C42H32O2/c1-4-5-12-26(2)39-30-13-6-8-15-32(30)40(33-16-9-7-14-31(33)39)27(3)19-21-29-25-28-20-22-34-35(42(28)43-29)23-24-38-41(34)36-17-10-11-18-37(36)44-38/h4-24H,25H2,1-3H3/b5-4-,26-12+,27-19+,29-21+. The molecule has 0 N–H and O–H groups in total. The Hall–Kier alpha value is -5.34. The van der Waals surface area contributed by atoms with Gasteiger partial charge in [-0.25, -0.2) is 0 Å². The lowest BCUT2D eigenvalue weighted by atomic mass is 9.86. The van der Waals surface area contributed by atoms with Gasteiger partial charge in [0.25, 0.3) is 0 Å². The zero-order chi connectivity index (χ0) is 29.8. The van der Waals surface area contributed by atoms with Crippen LogP contribution >= 0.6 is 0 Å². The first-order chi connectivity index (χ1) is 21.6. The quantitative estimate of drug-likeness (QED) is 0.156. The van der Waals surface area contributed by atoms with Crippen LogP contribution in [-0.4, -0.2) is 0 Å². The minimum atomic E-state index is 0.772. The number of para-hydroxylation sites is 1. The van der Waals surface area contributed by atoms with Gasteiger partial charge in [0.2, 0.25) is 0 Å². The molecule has 212 valence electrons. The molecular weight excluding hydrogens is 536 g/mol. The lowest BCUT2D eigenvalue weighted by molar-refractivity contribution is 0.451. The second kappa shape index (κ2) is 10.4. The summed E-state index contributed by atoms with van der Waals surface area (Å²) in [4.78, 5) is 0. The lowest BCUT2D eigenvalue weighted by Gasteiger charge is -2.18. The molecule has 0 radical (unpaired) electrons.